The Morgan fingerprint density at radius 1 is 0.788 bits per heavy atom. The first-order valence-electron chi connectivity index (χ1n) is 12.0. The molecule has 0 aliphatic rings. The van der Waals surface area contributed by atoms with Crippen LogP contribution in [0.25, 0.3) is 0 Å². The topological polar surface area (TPSA) is 86.7 Å². The second-order valence-corrected chi connectivity index (χ2v) is 9.79. The molecule has 0 aliphatic carbocycles. The van der Waals surface area contributed by atoms with Gasteiger partial charge >= 0.3 is 51.4 Å². The number of para-hydroxylation sites is 1. The van der Waals surface area contributed by atoms with Crippen LogP contribution in [0.2, 0.25) is 0 Å². The van der Waals surface area contributed by atoms with Crippen molar-refractivity contribution in [3.05, 3.63) is 48.0 Å². The number of unbranched alkanes of at least 4 members (excludes halogenated alkanes) is 11. The Hall–Kier alpha value is -0.414. The fourth-order valence-corrected chi connectivity index (χ4v) is 4.67. The molecule has 178 valence electrons. The molecule has 33 heavy (non-hydrogen) atoms. The summed E-state index contributed by atoms with van der Waals surface area (Å²) in [6.07, 6.45) is 14.7. The fourth-order valence-electron chi connectivity index (χ4n) is 3.93. The summed E-state index contributed by atoms with van der Waals surface area (Å²) in [7, 11) is -4.45. The Morgan fingerprint density at radius 3 is 1.82 bits per heavy atom. The number of hydrogen-bond acceptors (Lipinski definition) is 4. The van der Waals surface area contributed by atoms with Crippen LogP contribution in [0, 0.1) is 0 Å². The van der Waals surface area contributed by atoms with Crippen LogP contribution < -0.4 is 61.2 Å². The third-order valence-corrected chi connectivity index (χ3v) is 6.64. The average molecular weight is 501 g/mol. The first-order valence-corrected chi connectivity index (χ1v) is 13.4. The van der Waals surface area contributed by atoms with Crippen molar-refractivity contribution < 1.29 is 74.2 Å². The third-order valence-electron chi connectivity index (χ3n) is 5.70. The predicted molar refractivity (Wildman–Crippen MR) is 127 cm³/mol. The monoisotopic (exact) mass is 500 g/mol. The maximum absolute atomic E-state index is 12.4. The van der Waals surface area contributed by atoms with Crippen molar-refractivity contribution in [2.24, 2.45) is 0 Å². The van der Waals surface area contributed by atoms with Crippen LogP contribution in [0.15, 0.2) is 47.4 Å². The molecule has 0 amide bonds. The van der Waals surface area contributed by atoms with Crippen molar-refractivity contribution >= 4 is 10.1 Å². The van der Waals surface area contributed by atoms with Gasteiger partial charge in [-0.05, 0) is 31.0 Å². The van der Waals surface area contributed by atoms with Crippen LogP contribution in [0.3, 0.4) is 0 Å². The molecule has 0 fully saturated rings. The van der Waals surface area contributed by atoms with Gasteiger partial charge in [-0.2, -0.15) is 8.42 Å². The van der Waals surface area contributed by atoms with Crippen molar-refractivity contribution in [2.45, 2.75) is 95.3 Å². The number of hydrogen-bond donors (Lipinski definition) is 1. The maximum Gasteiger partial charge on any atom is 1.00 e. The van der Waals surface area contributed by atoms with Crippen molar-refractivity contribution in [1.82, 2.24) is 0 Å². The SMILES string of the molecule is CCCCCCCCCCCCCCc1c(S(=O)(=O)O)ccc([O-])c1Oc1ccccc1.[K+]. The molecule has 0 saturated carbocycles. The zero-order chi connectivity index (χ0) is 23.2. The van der Waals surface area contributed by atoms with Gasteiger partial charge in [0.25, 0.3) is 10.1 Å². The molecule has 5 nitrogen and oxygen atoms in total. The van der Waals surface area contributed by atoms with E-state index in [0.29, 0.717) is 12.2 Å². The van der Waals surface area contributed by atoms with Crippen LogP contribution in [0.4, 0.5) is 0 Å². The van der Waals surface area contributed by atoms with E-state index < -0.39 is 15.9 Å². The summed E-state index contributed by atoms with van der Waals surface area (Å²) in [6.45, 7) is 2.23. The number of rotatable bonds is 16. The van der Waals surface area contributed by atoms with Gasteiger partial charge in [0.2, 0.25) is 0 Å². The summed E-state index contributed by atoms with van der Waals surface area (Å²) in [5, 5.41) is 12.4. The van der Waals surface area contributed by atoms with Gasteiger partial charge in [-0.25, -0.2) is 0 Å². The molecule has 2 rings (SSSR count). The molecule has 0 heterocycles. The molecule has 2 aromatic carbocycles. The van der Waals surface area contributed by atoms with E-state index in [4.69, 9.17) is 4.74 Å². The Labute approximate surface area is 242 Å². The summed E-state index contributed by atoms with van der Waals surface area (Å²) in [4.78, 5) is -0.244. The molecule has 1 N–H and O–H groups in total. The molecule has 0 radical (unpaired) electrons. The molecule has 0 aliphatic heterocycles. The summed E-state index contributed by atoms with van der Waals surface area (Å²) in [5.41, 5.74) is 0.260. The van der Waals surface area contributed by atoms with E-state index >= 15 is 0 Å². The van der Waals surface area contributed by atoms with Gasteiger partial charge in [0.15, 0.2) is 0 Å². The third kappa shape index (κ3) is 11.7. The van der Waals surface area contributed by atoms with Gasteiger partial charge in [0.1, 0.15) is 16.4 Å². The Bertz CT molecular complexity index is 900. The standard InChI is InChI=1S/C26H38O5S.K/c1-2-3-4-5-6-7-8-9-10-11-12-16-19-23-25(32(28,29)30)21-20-24(27)26(23)31-22-17-14-13-15-18-22;/h13-15,17-18,20-21,27H,2-12,16,19H2,1H3,(H,28,29,30);/q;+1/p-1. The van der Waals surface area contributed by atoms with E-state index in [1.54, 1.807) is 24.3 Å². The van der Waals surface area contributed by atoms with Gasteiger partial charge in [-0.1, -0.05) is 108 Å². The van der Waals surface area contributed by atoms with E-state index in [9.17, 15) is 18.1 Å². The largest absolute Gasteiger partial charge is 1.00 e. The van der Waals surface area contributed by atoms with E-state index in [0.717, 1.165) is 31.7 Å². The first kappa shape index (κ1) is 30.6. The Kier molecular flexibility index (Phi) is 15.9. The van der Waals surface area contributed by atoms with Gasteiger partial charge in [0.05, 0.1) is 0 Å². The second kappa shape index (κ2) is 17.1. The molecule has 0 saturated heterocycles. The quantitative estimate of drug-likeness (QED) is 0.213. The van der Waals surface area contributed by atoms with Crippen LogP contribution in [-0.4, -0.2) is 13.0 Å². The zero-order valence-corrected chi connectivity index (χ0v) is 24.2. The van der Waals surface area contributed by atoms with Crippen LogP contribution >= 0.6 is 0 Å². The van der Waals surface area contributed by atoms with Crippen LogP contribution in [0.5, 0.6) is 17.2 Å². The van der Waals surface area contributed by atoms with E-state index in [1.165, 1.54) is 57.4 Å². The van der Waals surface area contributed by atoms with Gasteiger partial charge < -0.3 is 9.84 Å². The minimum Gasteiger partial charge on any atom is -0.870 e. The number of ether oxygens (including phenoxy) is 1. The van der Waals surface area contributed by atoms with Gasteiger partial charge in [0, 0.05) is 5.56 Å². The normalized spacial score (nSPS) is 11.2. The van der Waals surface area contributed by atoms with Crippen molar-refractivity contribution in [3.63, 3.8) is 0 Å². The van der Waals surface area contributed by atoms with Crippen LogP contribution in [0.1, 0.15) is 89.5 Å². The van der Waals surface area contributed by atoms with Gasteiger partial charge in [-0.15, -0.1) is 0 Å². The van der Waals surface area contributed by atoms with Crippen molar-refractivity contribution in [3.8, 4) is 17.2 Å². The van der Waals surface area contributed by atoms with E-state index in [-0.39, 0.29) is 67.6 Å². The van der Waals surface area contributed by atoms with E-state index in [2.05, 4.69) is 6.92 Å². The Morgan fingerprint density at radius 2 is 1.30 bits per heavy atom. The summed E-state index contributed by atoms with van der Waals surface area (Å²) in [5.74, 6) is 0.0395. The Balaban J connectivity index is 0.00000544. The molecule has 2 aromatic rings. The van der Waals surface area contributed by atoms with Crippen molar-refractivity contribution in [1.29, 1.82) is 0 Å². The fraction of sp³-hybridized carbons (Fsp3) is 0.538. The number of benzene rings is 2. The maximum atomic E-state index is 12.4. The molecule has 0 aromatic heterocycles. The average Bonchev–Trinajstić information content (AvgIpc) is 2.76. The second-order valence-electron chi connectivity index (χ2n) is 8.40. The van der Waals surface area contributed by atoms with Crippen molar-refractivity contribution in [2.75, 3.05) is 0 Å². The molecular formula is C26H37KO5S. The molecule has 7 heteroatoms. The molecule has 0 bridgehead atoms. The smallest absolute Gasteiger partial charge is 0.870 e. The van der Waals surface area contributed by atoms with Gasteiger partial charge in [-0.3, -0.25) is 4.55 Å². The molecule has 0 atom stereocenters. The van der Waals surface area contributed by atoms with E-state index in [1.807, 2.05) is 6.07 Å². The molecule has 0 spiro atoms. The summed E-state index contributed by atoms with van der Waals surface area (Å²) >= 11 is 0. The summed E-state index contributed by atoms with van der Waals surface area (Å²) in [6, 6.07) is 11.1. The minimum absolute atomic E-state index is 0. The predicted octanol–water partition coefficient (Wildman–Crippen LogP) is 4.05. The minimum atomic E-state index is -4.45. The van der Waals surface area contributed by atoms with Crippen LogP contribution in [-0.2, 0) is 16.5 Å². The summed E-state index contributed by atoms with van der Waals surface area (Å²) < 4.78 is 39.2. The molecular weight excluding hydrogens is 463 g/mol. The zero-order valence-electron chi connectivity index (χ0n) is 20.2. The molecule has 0 unspecified atom stereocenters. The first-order chi connectivity index (χ1) is 15.4.